The lowest BCUT2D eigenvalue weighted by atomic mass is 10.3. The number of sulfonamides is 1. The molecule has 1 unspecified atom stereocenters. The Morgan fingerprint density at radius 1 is 1.40 bits per heavy atom. The number of aromatic carboxylic acids is 1. The summed E-state index contributed by atoms with van der Waals surface area (Å²) in [4.78, 5) is 13.1. The number of carboxylic acid groups (broad SMARTS) is 1. The lowest BCUT2D eigenvalue weighted by Crippen LogP contribution is -2.37. The van der Waals surface area contributed by atoms with Gasteiger partial charge in [-0.05, 0) is 30.7 Å². The van der Waals surface area contributed by atoms with Crippen LogP contribution in [0.15, 0.2) is 16.3 Å². The molecule has 3 rings (SSSR count). The molecule has 0 amide bonds. The molecule has 1 saturated heterocycles. The molecule has 1 aliphatic carbocycles. The van der Waals surface area contributed by atoms with Crippen LogP contribution in [0.4, 0.5) is 0 Å². The molecule has 0 radical (unpaired) electrons. The number of hydrogen-bond acceptors (Lipinski definition) is 5. The van der Waals surface area contributed by atoms with Gasteiger partial charge in [0.05, 0.1) is 0 Å². The van der Waals surface area contributed by atoms with Crippen LogP contribution in [-0.4, -0.2) is 49.6 Å². The highest BCUT2D eigenvalue weighted by Gasteiger charge is 2.36. The minimum Gasteiger partial charge on any atom is -0.477 e. The first kappa shape index (κ1) is 14.0. The van der Waals surface area contributed by atoms with E-state index in [-0.39, 0.29) is 15.8 Å². The highest BCUT2D eigenvalue weighted by Crippen LogP contribution is 2.30. The van der Waals surface area contributed by atoms with Crippen molar-refractivity contribution in [2.75, 3.05) is 13.1 Å². The van der Waals surface area contributed by atoms with E-state index < -0.39 is 16.0 Å². The van der Waals surface area contributed by atoms with Crippen LogP contribution in [0.2, 0.25) is 0 Å². The Balaban J connectivity index is 1.72. The molecule has 0 bridgehead atoms. The van der Waals surface area contributed by atoms with E-state index in [0.29, 0.717) is 6.04 Å². The van der Waals surface area contributed by atoms with Crippen LogP contribution in [0.5, 0.6) is 0 Å². The van der Waals surface area contributed by atoms with Crippen LogP contribution in [0, 0.1) is 0 Å². The van der Waals surface area contributed by atoms with E-state index in [1.165, 1.54) is 24.3 Å². The molecule has 1 atom stereocenters. The Kier molecular flexibility index (Phi) is 3.57. The largest absolute Gasteiger partial charge is 0.477 e. The minimum absolute atomic E-state index is 0.123. The van der Waals surface area contributed by atoms with Crippen molar-refractivity contribution in [3.05, 3.63) is 16.3 Å². The van der Waals surface area contributed by atoms with Crippen molar-refractivity contribution in [3.63, 3.8) is 0 Å². The summed E-state index contributed by atoms with van der Waals surface area (Å²) in [5.74, 6) is -1.20. The summed E-state index contributed by atoms with van der Waals surface area (Å²) in [5.41, 5.74) is 0. The predicted molar refractivity (Wildman–Crippen MR) is 74.6 cm³/mol. The van der Waals surface area contributed by atoms with E-state index in [9.17, 15) is 13.2 Å². The average molecular weight is 316 g/mol. The molecule has 20 heavy (non-hydrogen) atoms. The topological polar surface area (TPSA) is 86.7 Å². The van der Waals surface area contributed by atoms with E-state index in [1.807, 2.05) is 0 Å². The summed E-state index contributed by atoms with van der Waals surface area (Å²) in [6.07, 6.45) is 3.18. The molecule has 8 heteroatoms. The van der Waals surface area contributed by atoms with Crippen LogP contribution in [0.25, 0.3) is 0 Å². The van der Waals surface area contributed by atoms with E-state index >= 15 is 0 Å². The maximum Gasteiger partial charge on any atom is 0.347 e. The quantitative estimate of drug-likeness (QED) is 0.845. The molecule has 2 heterocycles. The van der Waals surface area contributed by atoms with Crippen molar-refractivity contribution in [2.45, 2.75) is 36.2 Å². The van der Waals surface area contributed by atoms with Crippen LogP contribution >= 0.6 is 11.3 Å². The molecule has 2 fully saturated rings. The molecule has 1 aliphatic heterocycles. The second-order valence-electron chi connectivity index (χ2n) is 5.25. The molecule has 6 nitrogen and oxygen atoms in total. The van der Waals surface area contributed by atoms with Crippen LogP contribution in [0.3, 0.4) is 0 Å². The second kappa shape index (κ2) is 5.10. The van der Waals surface area contributed by atoms with Gasteiger partial charge in [-0.25, -0.2) is 17.9 Å². The van der Waals surface area contributed by atoms with Gasteiger partial charge in [-0.3, -0.25) is 4.90 Å². The molecule has 0 aromatic carbocycles. The van der Waals surface area contributed by atoms with Crippen molar-refractivity contribution in [3.8, 4) is 0 Å². The molecule has 2 aliphatic rings. The molecule has 1 aromatic rings. The van der Waals surface area contributed by atoms with E-state index in [2.05, 4.69) is 9.62 Å². The summed E-state index contributed by atoms with van der Waals surface area (Å²) in [5, 5.41) is 10.5. The van der Waals surface area contributed by atoms with Gasteiger partial charge in [0.15, 0.2) is 0 Å². The van der Waals surface area contributed by atoms with Crippen molar-refractivity contribution >= 4 is 27.3 Å². The number of nitrogens with zero attached hydrogens (tertiary/aromatic N) is 1. The van der Waals surface area contributed by atoms with E-state index in [1.54, 1.807) is 0 Å². The third-order valence-corrected chi connectivity index (χ3v) is 6.31. The normalized spacial score (nSPS) is 24.1. The van der Waals surface area contributed by atoms with Crippen molar-refractivity contribution in [1.29, 1.82) is 0 Å². The smallest absolute Gasteiger partial charge is 0.347 e. The van der Waals surface area contributed by atoms with Crippen molar-refractivity contribution < 1.29 is 18.3 Å². The highest BCUT2D eigenvalue weighted by atomic mass is 32.2. The van der Waals surface area contributed by atoms with Gasteiger partial charge in [0.25, 0.3) is 0 Å². The monoisotopic (exact) mass is 316 g/mol. The molecule has 2 N–H and O–H groups in total. The zero-order valence-electron chi connectivity index (χ0n) is 10.8. The Bertz CT molecular complexity index is 621. The Hall–Kier alpha value is -0.960. The third kappa shape index (κ3) is 2.73. The maximum absolute atomic E-state index is 12.3. The fourth-order valence-electron chi connectivity index (χ4n) is 2.60. The van der Waals surface area contributed by atoms with Gasteiger partial charge in [-0.1, -0.05) is 0 Å². The molecule has 110 valence electrons. The third-order valence-electron chi connectivity index (χ3n) is 3.72. The summed E-state index contributed by atoms with van der Waals surface area (Å²) >= 11 is 0.929. The van der Waals surface area contributed by atoms with E-state index in [0.717, 1.165) is 30.8 Å². The number of nitrogens with one attached hydrogen (secondary N) is 1. The number of likely N-dealkylation sites (tertiary alicyclic amines) is 1. The minimum atomic E-state index is -3.75. The number of carboxylic acids is 1. The first-order valence-electron chi connectivity index (χ1n) is 6.54. The summed E-state index contributed by atoms with van der Waals surface area (Å²) in [6, 6.07) is 1.85. The van der Waals surface area contributed by atoms with Gasteiger partial charge < -0.3 is 5.11 Å². The number of hydrogen-bond donors (Lipinski definition) is 2. The Labute approximate surface area is 121 Å². The average Bonchev–Trinajstić information content (AvgIpc) is 2.91. The molecular weight excluding hydrogens is 300 g/mol. The van der Waals surface area contributed by atoms with Crippen molar-refractivity contribution in [2.24, 2.45) is 0 Å². The number of carbonyl (C=O) groups is 1. The van der Waals surface area contributed by atoms with Crippen molar-refractivity contribution in [1.82, 2.24) is 9.62 Å². The Morgan fingerprint density at radius 2 is 2.15 bits per heavy atom. The summed E-state index contributed by atoms with van der Waals surface area (Å²) < 4.78 is 27.2. The first-order valence-corrected chi connectivity index (χ1v) is 8.91. The molecule has 1 aromatic heterocycles. The zero-order chi connectivity index (χ0) is 14.3. The van der Waals surface area contributed by atoms with Crippen LogP contribution in [0.1, 0.15) is 28.9 Å². The van der Waals surface area contributed by atoms with Gasteiger partial charge in [0.1, 0.15) is 9.77 Å². The summed E-state index contributed by atoms with van der Waals surface area (Å²) in [6.45, 7) is 1.63. The SMILES string of the molecule is O=C(O)c1sccc1S(=O)(=O)NC1CCN(C2CC2)C1. The van der Waals surface area contributed by atoms with Gasteiger partial charge in [-0.2, -0.15) is 0 Å². The fraction of sp³-hybridized carbons (Fsp3) is 0.583. The van der Waals surface area contributed by atoms with E-state index in [4.69, 9.17) is 5.11 Å². The van der Waals surface area contributed by atoms with Gasteiger partial charge in [0, 0.05) is 25.2 Å². The Morgan fingerprint density at radius 3 is 2.80 bits per heavy atom. The molecular formula is C12H16N2O4S2. The maximum atomic E-state index is 12.3. The summed E-state index contributed by atoms with van der Waals surface area (Å²) in [7, 11) is -3.75. The zero-order valence-corrected chi connectivity index (χ0v) is 12.4. The second-order valence-corrected chi connectivity index (χ2v) is 7.85. The predicted octanol–water partition coefficient (Wildman–Crippen LogP) is 0.961. The number of thiophene rings is 1. The molecule has 0 spiro atoms. The van der Waals surface area contributed by atoms with Crippen LogP contribution in [-0.2, 0) is 10.0 Å². The standard InChI is InChI=1S/C12H16N2O4S2/c15-12(16)11-10(4-6-19-11)20(17,18)13-8-3-5-14(7-8)9-1-2-9/h4,6,8-9,13H,1-3,5,7H2,(H,15,16). The highest BCUT2D eigenvalue weighted by molar-refractivity contribution is 7.89. The molecule has 1 saturated carbocycles. The van der Waals surface area contributed by atoms with Gasteiger partial charge in [0.2, 0.25) is 10.0 Å². The van der Waals surface area contributed by atoms with Gasteiger partial charge in [-0.15, -0.1) is 11.3 Å². The van der Waals surface area contributed by atoms with Gasteiger partial charge >= 0.3 is 5.97 Å². The van der Waals surface area contributed by atoms with Crippen LogP contribution < -0.4 is 4.72 Å². The lowest BCUT2D eigenvalue weighted by Gasteiger charge is -2.15. The fourth-order valence-corrected chi connectivity index (χ4v) is 5.12. The number of rotatable bonds is 5. The lowest BCUT2D eigenvalue weighted by molar-refractivity contribution is 0.0698. The first-order chi connectivity index (χ1) is 9.47.